The molecule has 1 aliphatic heterocycles. The number of nitrogens with zero attached hydrogens (tertiary/aromatic N) is 3. The molecule has 1 saturated heterocycles. The lowest BCUT2D eigenvalue weighted by Gasteiger charge is -2.21. The molecule has 0 N–H and O–H groups in total. The molecule has 0 aromatic carbocycles. The van der Waals surface area contributed by atoms with Crippen LogP contribution in [0.15, 0.2) is 6.07 Å². The van der Waals surface area contributed by atoms with Crippen molar-refractivity contribution in [3.63, 3.8) is 0 Å². The first-order valence-electron chi connectivity index (χ1n) is 6.04. The number of rotatable bonds is 2. The molecule has 1 aromatic rings. The number of anilines is 1. The highest BCUT2D eigenvalue weighted by Crippen LogP contribution is 2.20. The van der Waals surface area contributed by atoms with Crippen molar-refractivity contribution >= 4 is 17.4 Å². The quantitative estimate of drug-likeness (QED) is 0.761. The lowest BCUT2D eigenvalue weighted by atomic mass is 10.2. The van der Waals surface area contributed by atoms with Crippen LogP contribution in [-0.4, -0.2) is 36.3 Å². The number of hydrogen-bond acceptors (Lipinski definition) is 4. The van der Waals surface area contributed by atoms with E-state index in [4.69, 9.17) is 16.3 Å². The number of hydrogen-bond donors (Lipinski definition) is 0. The second-order valence-electron chi connectivity index (χ2n) is 4.51. The molecular weight excluding hydrogens is 238 g/mol. The number of aromatic nitrogens is 2. The van der Waals surface area contributed by atoms with E-state index in [0.717, 1.165) is 44.4 Å². The fourth-order valence-electron chi connectivity index (χ4n) is 1.82. The zero-order chi connectivity index (χ0) is 12.3. The molecular formula is C12H18ClN3O. The molecule has 0 amide bonds. The van der Waals surface area contributed by atoms with E-state index in [2.05, 4.69) is 28.7 Å². The van der Waals surface area contributed by atoms with Crippen molar-refractivity contribution in [2.24, 2.45) is 0 Å². The van der Waals surface area contributed by atoms with Crippen molar-refractivity contribution in [3.8, 4) is 0 Å². The maximum absolute atomic E-state index is 6.05. The highest BCUT2D eigenvalue weighted by Gasteiger charge is 2.14. The predicted octanol–water partition coefficient (Wildman–Crippen LogP) is 2.48. The van der Waals surface area contributed by atoms with Crippen LogP contribution in [0.25, 0.3) is 0 Å². The van der Waals surface area contributed by atoms with Gasteiger partial charge in [-0.2, -0.15) is 0 Å². The molecule has 1 aromatic heterocycles. The normalized spacial score (nSPS) is 17.3. The van der Waals surface area contributed by atoms with Crippen LogP contribution in [0.1, 0.15) is 32.0 Å². The van der Waals surface area contributed by atoms with E-state index in [9.17, 15) is 0 Å². The SMILES string of the molecule is CC(C)c1nc(Cl)cc(N2CCCOCC2)n1. The van der Waals surface area contributed by atoms with Gasteiger partial charge in [0.25, 0.3) is 0 Å². The number of halogens is 1. The van der Waals surface area contributed by atoms with Gasteiger partial charge in [-0.3, -0.25) is 0 Å². The Balaban J connectivity index is 2.23. The van der Waals surface area contributed by atoms with E-state index in [1.54, 1.807) is 0 Å². The Morgan fingerprint density at radius 3 is 2.88 bits per heavy atom. The minimum Gasteiger partial charge on any atom is -0.380 e. The third-order valence-electron chi connectivity index (χ3n) is 2.76. The topological polar surface area (TPSA) is 38.2 Å². The lowest BCUT2D eigenvalue weighted by molar-refractivity contribution is 0.152. The van der Waals surface area contributed by atoms with Gasteiger partial charge in [0.2, 0.25) is 0 Å². The molecule has 0 aliphatic carbocycles. The van der Waals surface area contributed by atoms with E-state index in [0.29, 0.717) is 5.15 Å². The van der Waals surface area contributed by atoms with E-state index in [-0.39, 0.29) is 5.92 Å². The van der Waals surface area contributed by atoms with E-state index in [1.165, 1.54) is 0 Å². The Hall–Kier alpha value is -0.870. The smallest absolute Gasteiger partial charge is 0.135 e. The lowest BCUT2D eigenvalue weighted by Crippen LogP contribution is -2.27. The monoisotopic (exact) mass is 255 g/mol. The maximum Gasteiger partial charge on any atom is 0.135 e. The summed E-state index contributed by atoms with van der Waals surface area (Å²) in [6.07, 6.45) is 1.03. The van der Waals surface area contributed by atoms with Gasteiger partial charge in [0.1, 0.15) is 16.8 Å². The molecule has 2 heterocycles. The van der Waals surface area contributed by atoms with Crippen molar-refractivity contribution in [2.45, 2.75) is 26.2 Å². The molecule has 0 bridgehead atoms. The molecule has 1 fully saturated rings. The summed E-state index contributed by atoms with van der Waals surface area (Å²) in [5.41, 5.74) is 0. The minimum absolute atomic E-state index is 0.288. The van der Waals surface area contributed by atoms with Crippen molar-refractivity contribution < 1.29 is 4.74 Å². The molecule has 4 nitrogen and oxygen atoms in total. The molecule has 94 valence electrons. The van der Waals surface area contributed by atoms with Gasteiger partial charge in [0.05, 0.1) is 6.61 Å². The molecule has 2 rings (SSSR count). The van der Waals surface area contributed by atoms with E-state index >= 15 is 0 Å². The van der Waals surface area contributed by atoms with Gasteiger partial charge in [-0.25, -0.2) is 9.97 Å². The predicted molar refractivity (Wildman–Crippen MR) is 68.8 cm³/mol. The molecule has 17 heavy (non-hydrogen) atoms. The Morgan fingerprint density at radius 1 is 1.29 bits per heavy atom. The van der Waals surface area contributed by atoms with Crippen molar-refractivity contribution in [1.82, 2.24) is 9.97 Å². The standard InChI is InChI=1S/C12H18ClN3O/c1-9(2)12-14-10(13)8-11(15-12)16-4-3-6-17-7-5-16/h8-9H,3-7H2,1-2H3. The summed E-state index contributed by atoms with van der Waals surface area (Å²) < 4.78 is 5.44. The highest BCUT2D eigenvalue weighted by molar-refractivity contribution is 6.29. The van der Waals surface area contributed by atoms with Gasteiger partial charge < -0.3 is 9.64 Å². The molecule has 0 atom stereocenters. The zero-order valence-corrected chi connectivity index (χ0v) is 11.1. The molecule has 0 unspecified atom stereocenters. The minimum atomic E-state index is 0.288. The highest BCUT2D eigenvalue weighted by atomic mass is 35.5. The van der Waals surface area contributed by atoms with Crippen LogP contribution in [0.2, 0.25) is 5.15 Å². The second-order valence-corrected chi connectivity index (χ2v) is 4.90. The van der Waals surface area contributed by atoms with Crippen molar-refractivity contribution in [2.75, 3.05) is 31.2 Å². The summed E-state index contributed by atoms with van der Waals surface area (Å²) in [5.74, 6) is 2.01. The Kier molecular flexibility index (Phi) is 4.18. The summed E-state index contributed by atoms with van der Waals surface area (Å²) >= 11 is 6.05. The third kappa shape index (κ3) is 3.30. The Morgan fingerprint density at radius 2 is 2.12 bits per heavy atom. The van der Waals surface area contributed by atoms with Gasteiger partial charge in [-0.1, -0.05) is 25.4 Å². The molecule has 1 aliphatic rings. The van der Waals surface area contributed by atoms with Crippen LogP contribution in [0.4, 0.5) is 5.82 Å². The first-order valence-corrected chi connectivity index (χ1v) is 6.42. The van der Waals surface area contributed by atoms with Crippen LogP contribution < -0.4 is 4.90 Å². The largest absolute Gasteiger partial charge is 0.380 e. The first kappa shape index (κ1) is 12.6. The first-order chi connectivity index (χ1) is 8.16. The van der Waals surface area contributed by atoms with Crippen LogP contribution in [0, 0.1) is 0 Å². The van der Waals surface area contributed by atoms with Crippen molar-refractivity contribution in [3.05, 3.63) is 17.0 Å². The average molecular weight is 256 g/mol. The van der Waals surface area contributed by atoms with Gasteiger partial charge in [0.15, 0.2) is 0 Å². The third-order valence-corrected chi connectivity index (χ3v) is 2.95. The summed E-state index contributed by atoms with van der Waals surface area (Å²) in [5, 5.41) is 0.517. The van der Waals surface area contributed by atoms with E-state index < -0.39 is 0 Å². The molecule has 0 saturated carbocycles. The Labute approximate surface area is 107 Å². The number of ether oxygens (including phenoxy) is 1. The Bertz CT molecular complexity index is 376. The van der Waals surface area contributed by atoms with Gasteiger partial charge >= 0.3 is 0 Å². The molecule has 0 radical (unpaired) electrons. The van der Waals surface area contributed by atoms with Gasteiger partial charge in [0, 0.05) is 31.7 Å². The summed E-state index contributed by atoms with van der Waals surface area (Å²) in [6.45, 7) is 7.54. The molecule has 5 heteroatoms. The summed E-state index contributed by atoms with van der Waals surface area (Å²) in [4.78, 5) is 11.0. The second kappa shape index (κ2) is 5.65. The molecule has 0 spiro atoms. The van der Waals surface area contributed by atoms with Crippen LogP contribution in [-0.2, 0) is 4.74 Å². The fourth-order valence-corrected chi connectivity index (χ4v) is 2.00. The maximum atomic E-state index is 6.05. The van der Waals surface area contributed by atoms with Crippen LogP contribution in [0.3, 0.4) is 0 Å². The zero-order valence-electron chi connectivity index (χ0n) is 10.3. The average Bonchev–Trinajstić information content (AvgIpc) is 2.56. The summed E-state index contributed by atoms with van der Waals surface area (Å²) in [6, 6.07) is 1.83. The fraction of sp³-hybridized carbons (Fsp3) is 0.667. The van der Waals surface area contributed by atoms with Gasteiger partial charge in [-0.05, 0) is 6.42 Å². The van der Waals surface area contributed by atoms with Crippen LogP contribution in [0.5, 0.6) is 0 Å². The van der Waals surface area contributed by atoms with Crippen molar-refractivity contribution in [1.29, 1.82) is 0 Å². The summed E-state index contributed by atoms with van der Waals surface area (Å²) in [7, 11) is 0. The van der Waals surface area contributed by atoms with Crippen LogP contribution >= 0.6 is 11.6 Å². The van der Waals surface area contributed by atoms with Gasteiger partial charge in [-0.15, -0.1) is 0 Å². The van der Waals surface area contributed by atoms with E-state index in [1.807, 2.05) is 6.07 Å².